The minimum Gasteiger partial charge on any atom is -0.455 e. The molecule has 0 spiro atoms. The second-order valence-electron chi connectivity index (χ2n) is 15.3. The minimum absolute atomic E-state index is 0.145. The number of furan rings is 1. The highest BCUT2D eigenvalue weighted by molar-refractivity contribution is 6.12. The first-order valence-corrected chi connectivity index (χ1v) is 19.1. The van der Waals surface area contributed by atoms with Crippen LogP contribution in [0, 0.1) is 0 Å². The summed E-state index contributed by atoms with van der Waals surface area (Å²) < 4.78 is 6.56. The fourth-order valence-corrected chi connectivity index (χ4v) is 9.22. The lowest BCUT2D eigenvalue weighted by atomic mass is 9.82. The zero-order valence-corrected chi connectivity index (χ0v) is 30.8. The zero-order chi connectivity index (χ0) is 36.7. The van der Waals surface area contributed by atoms with Gasteiger partial charge >= 0.3 is 0 Å². The van der Waals surface area contributed by atoms with E-state index in [0.717, 1.165) is 50.1 Å². The molecule has 1 aromatic heterocycles. The zero-order valence-electron chi connectivity index (χ0n) is 30.8. The lowest BCUT2D eigenvalue weighted by Crippen LogP contribution is -2.17. The maximum absolute atomic E-state index is 6.56. The highest BCUT2D eigenvalue weighted by Crippen LogP contribution is 2.52. The minimum atomic E-state index is -0.145. The fourth-order valence-electron chi connectivity index (χ4n) is 9.22. The van der Waals surface area contributed by atoms with Gasteiger partial charge in [0.25, 0.3) is 0 Å². The van der Waals surface area contributed by atoms with Gasteiger partial charge in [-0.25, -0.2) is 0 Å². The molecule has 0 aliphatic heterocycles. The SMILES string of the molecule is CC1(C)c2ccccc2-c2ccc(N(c3cccc(-c4cccc5c4oc4ccccc45)c3)c3ccc4ccccc4c3-c3cccc4ccccc34)cc21. The molecule has 2 nitrogen and oxygen atoms in total. The van der Waals surface area contributed by atoms with E-state index in [9.17, 15) is 0 Å². The molecule has 2 heteroatoms. The number of fused-ring (bicyclic) bond motifs is 8. The quantitative estimate of drug-likeness (QED) is 0.177. The van der Waals surface area contributed by atoms with E-state index in [1.54, 1.807) is 0 Å². The number of para-hydroxylation sites is 2. The molecule has 10 aromatic rings. The molecule has 0 fully saturated rings. The second kappa shape index (κ2) is 12.1. The number of benzene rings is 9. The molecule has 0 bridgehead atoms. The Hall–Kier alpha value is -6.90. The summed E-state index contributed by atoms with van der Waals surface area (Å²) in [4.78, 5) is 2.48. The Morgan fingerprint density at radius 3 is 1.93 bits per heavy atom. The Kier molecular flexibility index (Phi) is 6.93. The van der Waals surface area contributed by atoms with Crippen molar-refractivity contribution in [3.8, 4) is 33.4 Å². The Morgan fingerprint density at radius 2 is 1.04 bits per heavy atom. The number of rotatable bonds is 5. The largest absolute Gasteiger partial charge is 0.455 e. The highest BCUT2D eigenvalue weighted by atomic mass is 16.3. The van der Waals surface area contributed by atoms with E-state index >= 15 is 0 Å². The third-order valence-corrected chi connectivity index (χ3v) is 11.9. The molecule has 0 saturated carbocycles. The van der Waals surface area contributed by atoms with Crippen molar-refractivity contribution in [2.45, 2.75) is 19.3 Å². The van der Waals surface area contributed by atoms with Crippen LogP contribution in [0.15, 0.2) is 192 Å². The third kappa shape index (κ3) is 4.81. The second-order valence-corrected chi connectivity index (χ2v) is 15.3. The summed E-state index contributed by atoms with van der Waals surface area (Å²) in [6.07, 6.45) is 0. The smallest absolute Gasteiger partial charge is 0.143 e. The fraction of sp³-hybridized carbons (Fsp3) is 0.0566. The van der Waals surface area contributed by atoms with Gasteiger partial charge in [0, 0.05) is 38.7 Å². The van der Waals surface area contributed by atoms with Crippen LogP contribution in [0.1, 0.15) is 25.0 Å². The molecule has 0 unspecified atom stereocenters. The van der Waals surface area contributed by atoms with E-state index in [1.165, 1.54) is 54.9 Å². The Labute approximate surface area is 320 Å². The third-order valence-electron chi connectivity index (χ3n) is 11.9. The molecule has 0 saturated heterocycles. The van der Waals surface area contributed by atoms with Crippen molar-refractivity contribution < 1.29 is 4.42 Å². The highest BCUT2D eigenvalue weighted by Gasteiger charge is 2.36. The monoisotopic (exact) mass is 703 g/mol. The molecule has 1 aliphatic rings. The summed E-state index contributed by atoms with van der Waals surface area (Å²) in [5.74, 6) is 0. The summed E-state index contributed by atoms with van der Waals surface area (Å²) >= 11 is 0. The van der Waals surface area contributed by atoms with Gasteiger partial charge in [0.1, 0.15) is 11.2 Å². The van der Waals surface area contributed by atoms with E-state index in [-0.39, 0.29) is 5.41 Å². The molecule has 0 amide bonds. The molecule has 260 valence electrons. The average Bonchev–Trinajstić information content (AvgIpc) is 3.73. The van der Waals surface area contributed by atoms with Gasteiger partial charge < -0.3 is 9.32 Å². The topological polar surface area (TPSA) is 16.4 Å². The van der Waals surface area contributed by atoms with Gasteiger partial charge in [0.15, 0.2) is 0 Å². The predicted octanol–water partition coefficient (Wildman–Crippen LogP) is 15.0. The van der Waals surface area contributed by atoms with Crippen molar-refractivity contribution in [3.63, 3.8) is 0 Å². The first-order valence-electron chi connectivity index (χ1n) is 19.1. The number of hydrogen-bond acceptors (Lipinski definition) is 2. The van der Waals surface area contributed by atoms with Crippen LogP contribution in [0.3, 0.4) is 0 Å². The van der Waals surface area contributed by atoms with Gasteiger partial charge in [0.2, 0.25) is 0 Å². The maximum Gasteiger partial charge on any atom is 0.143 e. The molecule has 0 radical (unpaired) electrons. The number of nitrogens with zero attached hydrogens (tertiary/aromatic N) is 1. The molecule has 0 atom stereocenters. The van der Waals surface area contributed by atoms with Crippen LogP contribution in [0.25, 0.3) is 76.9 Å². The van der Waals surface area contributed by atoms with E-state index in [1.807, 2.05) is 6.07 Å². The van der Waals surface area contributed by atoms with E-state index in [4.69, 9.17) is 4.42 Å². The summed E-state index contributed by atoms with van der Waals surface area (Å²) in [5.41, 5.74) is 14.9. The first-order chi connectivity index (χ1) is 27.0. The Balaban J connectivity index is 1.20. The maximum atomic E-state index is 6.56. The van der Waals surface area contributed by atoms with Crippen molar-refractivity contribution in [1.82, 2.24) is 0 Å². The summed E-state index contributed by atoms with van der Waals surface area (Å²) in [7, 11) is 0. The molecular weight excluding hydrogens is 667 g/mol. The molecule has 11 rings (SSSR count). The Bertz CT molecular complexity index is 3140. The predicted molar refractivity (Wildman–Crippen MR) is 232 cm³/mol. The van der Waals surface area contributed by atoms with Gasteiger partial charge in [-0.3, -0.25) is 0 Å². The van der Waals surface area contributed by atoms with Crippen LogP contribution in [0.4, 0.5) is 17.1 Å². The van der Waals surface area contributed by atoms with Crippen molar-refractivity contribution in [2.24, 2.45) is 0 Å². The van der Waals surface area contributed by atoms with Crippen LogP contribution >= 0.6 is 0 Å². The summed E-state index contributed by atoms with van der Waals surface area (Å²) in [6, 6.07) is 68.6. The van der Waals surface area contributed by atoms with E-state index in [0.29, 0.717) is 0 Å². The lowest BCUT2D eigenvalue weighted by Gasteiger charge is -2.31. The van der Waals surface area contributed by atoms with Crippen LogP contribution in [0.5, 0.6) is 0 Å². The van der Waals surface area contributed by atoms with Crippen LogP contribution in [0.2, 0.25) is 0 Å². The van der Waals surface area contributed by atoms with Crippen LogP contribution < -0.4 is 4.90 Å². The number of hydrogen-bond donors (Lipinski definition) is 0. The van der Waals surface area contributed by atoms with Gasteiger partial charge in [-0.1, -0.05) is 166 Å². The van der Waals surface area contributed by atoms with Gasteiger partial charge in [-0.15, -0.1) is 0 Å². The Morgan fingerprint density at radius 1 is 0.418 bits per heavy atom. The number of anilines is 3. The van der Waals surface area contributed by atoms with Gasteiger partial charge in [-0.05, 0) is 91.3 Å². The van der Waals surface area contributed by atoms with Crippen LogP contribution in [-0.4, -0.2) is 0 Å². The molecular formula is C53H37NO. The van der Waals surface area contributed by atoms with Crippen molar-refractivity contribution >= 4 is 60.5 Å². The van der Waals surface area contributed by atoms with Crippen molar-refractivity contribution in [3.05, 3.63) is 199 Å². The first kappa shape index (κ1) is 31.6. The van der Waals surface area contributed by atoms with Gasteiger partial charge in [0.05, 0.1) is 5.69 Å². The molecule has 0 N–H and O–H groups in total. The lowest BCUT2D eigenvalue weighted by molar-refractivity contribution is 0.660. The van der Waals surface area contributed by atoms with Gasteiger partial charge in [-0.2, -0.15) is 0 Å². The van der Waals surface area contributed by atoms with Crippen LogP contribution in [-0.2, 0) is 5.41 Å². The normalized spacial score (nSPS) is 13.1. The summed E-state index contributed by atoms with van der Waals surface area (Å²) in [5, 5.41) is 7.16. The van der Waals surface area contributed by atoms with E-state index < -0.39 is 0 Å². The van der Waals surface area contributed by atoms with Crippen molar-refractivity contribution in [1.29, 1.82) is 0 Å². The average molecular weight is 704 g/mol. The molecule has 1 aliphatic carbocycles. The molecule has 55 heavy (non-hydrogen) atoms. The van der Waals surface area contributed by atoms with E-state index in [2.05, 4.69) is 201 Å². The molecule has 9 aromatic carbocycles. The van der Waals surface area contributed by atoms with Crippen molar-refractivity contribution in [2.75, 3.05) is 4.90 Å². The summed E-state index contributed by atoms with van der Waals surface area (Å²) in [6.45, 7) is 4.72. The molecule has 1 heterocycles. The standard InChI is InChI=1S/C53H37NO/c1-53(2)47-26-9-7-21-42(47)43-30-29-38(33-48(43)53)54(37-18-11-17-36(32-37)41-23-13-25-46-44-22-8-10-27-50(44)55-52(41)46)49-31-28-35-15-4-6-20-40(35)51(49)45-24-12-16-34-14-3-5-19-39(34)45/h3-33H,1-2H3.